The summed E-state index contributed by atoms with van der Waals surface area (Å²) in [5, 5.41) is 12.9. The number of hydrogen-bond donors (Lipinski definition) is 2. The van der Waals surface area contributed by atoms with Crippen molar-refractivity contribution >= 4 is 47.2 Å². The van der Waals surface area contributed by atoms with Crippen LogP contribution in [0.2, 0.25) is 0 Å². The van der Waals surface area contributed by atoms with Gasteiger partial charge in [0.25, 0.3) is 0 Å². The first-order chi connectivity index (χ1) is 12.5. The van der Waals surface area contributed by atoms with E-state index in [-0.39, 0.29) is 11.5 Å². The molecule has 0 atom stereocenters. The number of fused-ring (bicyclic) bond motifs is 1. The standard InChI is InChI=1S/C19H16AsN2O4/c1-21-18(23)11-3-8-16-14(9-11)17(15(10-22-16)19(24)25)20-12-4-6-13(26-2)7-5-12/h3-10H,1-2H3,(H,21,23)(H,24,25). The summed E-state index contributed by atoms with van der Waals surface area (Å²) in [6.07, 6.45) is 1.39. The maximum absolute atomic E-state index is 12.0. The zero-order valence-electron chi connectivity index (χ0n) is 14.2. The van der Waals surface area contributed by atoms with Crippen molar-refractivity contribution in [2.24, 2.45) is 0 Å². The van der Waals surface area contributed by atoms with Crippen LogP contribution in [0.15, 0.2) is 48.7 Å². The number of hydrogen-bond acceptors (Lipinski definition) is 4. The molecule has 0 bridgehead atoms. The second kappa shape index (κ2) is 7.58. The van der Waals surface area contributed by atoms with E-state index >= 15 is 0 Å². The van der Waals surface area contributed by atoms with Gasteiger partial charge in [0.05, 0.1) is 0 Å². The summed E-state index contributed by atoms with van der Waals surface area (Å²) in [7, 11) is 3.16. The number of benzene rings is 2. The third-order valence-corrected chi connectivity index (χ3v) is 6.52. The number of ether oxygens (including phenoxy) is 1. The maximum atomic E-state index is 12.0. The molecule has 0 aliphatic carbocycles. The van der Waals surface area contributed by atoms with Gasteiger partial charge in [0.1, 0.15) is 0 Å². The van der Waals surface area contributed by atoms with Gasteiger partial charge in [0.2, 0.25) is 0 Å². The number of carboxylic acids is 1. The van der Waals surface area contributed by atoms with Gasteiger partial charge in [-0.3, -0.25) is 0 Å². The van der Waals surface area contributed by atoms with Gasteiger partial charge in [-0.05, 0) is 0 Å². The van der Waals surface area contributed by atoms with Crippen molar-refractivity contribution in [1.82, 2.24) is 10.3 Å². The SMILES string of the molecule is CNC(=O)c1ccc2ncc(C(=O)O)c([As]c3ccc(OC)cc3)c2c1. The summed E-state index contributed by atoms with van der Waals surface area (Å²) in [5.41, 5.74) is 1.31. The van der Waals surface area contributed by atoms with E-state index in [0.29, 0.717) is 16.5 Å². The molecule has 1 amide bonds. The van der Waals surface area contributed by atoms with Gasteiger partial charge in [-0.25, -0.2) is 0 Å². The summed E-state index contributed by atoms with van der Waals surface area (Å²) < 4.78 is 6.92. The summed E-state index contributed by atoms with van der Waals surface area (Å²) in [5.74, 6) is -0.502. The minimum absolute atomic E-state index is 0.169. The summed E-state index contributed by atoms with van der Waals surface area (Å²) in [4.78, 5) is 27.9. The van der Waals surface area contributed by atoms with E-state index in [2.05, 4.69) is 10.3 Å². The van der Waals surface area contributed by atoms with Gasteiger partial charge in [-0.1, -0.05) is 0 Å². The van der Waals surface area contributed by atoms with Crippen molar-refractivity contribution < 1.29 is 19.4 Å². The fourth-order valence-corrected chi connectivity index (χ4v) is 4.90. The first-order valence-electron chi connectivity index (χ1n) is 7.77. The van der Waals surface area contributed by atoms with Crippen molar-refractivity contribution in [3.63, 3.8) is 0 Å². The summed E-state index contributed by atoms with van der Waals surface area (Å²) >= 11 is -0.615. The number of carbonyl (C=O) groups is 2. The van der Waals surface area contributed by atoms with Gasteiger partial charge in [-0.2, -0.15) is 0 Å². The van der Waals surface area contributed by atoms with E-state index in [0.717, 1.165) is 14.5 Å². The Hall–Kier alpha value is -2.85. The van der Waals surface area contributed by atoms with Crippen LogP contribution in [0.3, 0.4) is 0 Å². The Balaban J connectivity index is 2.16. The molecule has 1 aromatic heterocycles. The molecule has 0 unspecified atom stereocenters. The molecule has 0 spiro atoms. The zero-order chi connectivity index (χ0) is 18.7. The van der Waals surface area contributed by atoms with Crippen LogP contribution in [-0.2, 0) is 0 Å². The third-order valence-electron chi connectivity index (χ3n) is 3.87. The molecular weight excluding hydrogens is 395 g/mol. The van der Waals surface area contributed by atoms with Crippen LogP contribution in [-0.4, -0.2) is 51.9 Å². The number of aromatic nitrogens is 1. The molecule has 1 radical (unpaired) electrons. The van der Waals surface area contributed by atoms with Crippen molar-refractivity contribution in [3.8, 4) is 5.75 Å². The molecule has 26 heavy (non-hydrogen) atoms. The van der Waals surface area contributed by atoms with E-state index in [1.807, 2.05) is 24.3 Å². The predicted molar refractivity (Wildman–Crippen MR) is 100 cm³/mol. The first-order valence-corrected chi connectivity index (χ1v) is 9.65. The number of nitrogens with one attached hydrogen (secondary N) is 1. The number of amides is 1. The van der Waals surface area contributed by atoms with Crippen molar-refractivity contribution in [1.29, 1.82) is 0 Å². The van der Waals surface area contributed by atoms with Gasteiger partial charge in [-0.15, -0.1) is 0 Å². The van der Waals surface area contributed by atoms with Gasteiger partial charge in [0, 0.05) is 0 Å². The normalized spacial score (nSPS) is 11.0. The molecule has 3 aromatic rings. The summed E-state index contributed by atoms with van der Waals surface area (Å²) in [6.45, 7) is 0. The molecule has 0 saturated carbocycles. The molecule has 1 heterocycles. The Morgan fingerprint density at radius 2 is 1.88 bits per heavy atom. The Bertz CT molecular complexity index is 987. The number of methoxy groups -OCH3 is 1. The number of nitrogens with zero attached hydrogens (tertiary/aromatic N) is 1. The second-order valence-electron chi connectivity index (χ2n) is 5.45. The number of carbonyl (C=O) groups excluding carboxylic acids is 1. The van der Waals surface area contributed by atoms with Crippen molar-refractivity contribution in [3.05, 3.63) is 59.8 Å². The Morgan fingerprint density at radius 1 is 1.15 bits per heavy atom. The molecule has 6 nitrogen and oxygen atoms in total. The van der Waals surface area contributed by atoms with E-state index in [9.17, 15) is 14.7 Å². The topological polar surface area (TPSA) is 88.5 Å². The van der Waals surface area contributed by atoms with Gasteiger partial charge >= 0.3 is 157 Å². The second-order valence-corrected chi connectivity index (χ2v) is 7.94. The minimum atomic E-state index is -1.02. The molecule has 0 aliphatic rings. The number of aromatic carboxylic acids is 1. The van der Waals surface area contributed by atoms with E-state index in [1.54, 1.807) is 32.4 Å². The van der Waals surface area contributed by atoms with Crippen LogP contribution in [0.4, 0.5) is 0 Å². The monoisotopic (exact) mass is 411 g/mol. The van der Waals surface area contributed by atoms with Crippen LogP contribution in [0, 0.1) is 0 Å². The zero-order valence-corrected chi connectivity index (χ0v) is 16.1. The quantitative estimate of drug-likeness (QED) is 0.611. The molecule has 2 aromatic carbocycles. The van der Waals surface area contributed by atoms with Crippen LogP contribution in [0.1, 0.15) is 20.7 Å². The number of carboxylic acid groups (broad SMARTS) is 1. The van der Waals surface area contributed by atoms with Gasteiger partial charge < -0.3 is 0 Å². The number of pyridine rings is 1. The van der Waals surface area contributed by atoms with Crippen LogP contribution >= 0.6 is 0 Å². The fourth-order valence-electron chi connectivity index (χ4n) is 2.53. The molecule has 131 valence electrons. The predicted octanol–water partition coefficient (Wildman–Crippen LogP) is 0.956. The van der Waals surface area contributed by atoms with Crippen molar-refractivity contribution in [2.45, 2.75) is 0 Å². The van der Waals surface area contributed by atoms with E-state index in [4.69, 9.17) is 4.74 Å². The van der Waals surface area contributed by atoms with Crippen LogP contribution < -0.4 is 18.8 Å². The average Bonchev–Trinajstić information content (AvgIpc) is 2.67. The third kappa shape index (κ3) is 3.55. The fraction of sp³-hybridized carbons (Fsp3) is 0.105. The molecule has 3 rings (SSSR count). The van der Waals surface area contributed by atoms with Crippen molar-refractivity contribution in [2.75, 3.05) is 14.2 Å². The van der Waals surface area contributed by atoms with E-state index in [1.165, 1.54) is 6.20 Å². The Labute approximate surface area is 156 Å². The molecular formula is C19H16AsN2O4. The molecule has 7 heteroatoms. The number of rotatable bonds is 5. The van der Waals surface area contributed by atoms with E-state index < -0.39 is 21.7 Å². The Morgan fingerprint density at radius 3 is 2.50 bits per heavy atom. The molecule has 2 N–H and O–H groups in total. The molecule has 0 saturated heterocycles. The molecule has 0 aliphatic heterocycles. The molecule has 0 fully saturated rings. The van der Waals surface area contributed by atoms with Gasteiger partial charge in [0.15, 0.2) is 0 Å². The Kier molecular flexibility index (Phi) is 5.24. The average molecular weight is 411 g/mol. The first kappa shape index (κ1) is 18.0. The summed E-state index contributed by atoms with van der Waals surface area (Å²) in [6, 6.07) is 12.7. The van der Waals surface area contributed by atoms with Crippen LogP contribution in [0.25, 0.3) is 10.9 Å². The van der Waals surface area contributed by atoms with Crippen LogP contribution in [0.5, 0.6) is 5.75 Å².